The van der Waals surface area contributed by atoms with Crippen molar-refractivity contribution in [1.29, 1.82) is 0 Å². The average molecular weight is 311 g/mol. The number of carbonyl (C=O) groups excluding carboxylic acids is 1. The minimum atomic E-state index is -1.29. The fourth-order valence-corrected chi connectivity index (χ4v) is 3.83. The van der Waals surface area contributed by atoms with E-state index in [9.17, 15) is 4.79 Å². The van der Waals surface area contributed by atoms with Gasteiger partial charge >= 0.3 is 14.5 Å². The molecule has 0 aliphatic carbocycles. The maximum Gasteiger partial charge on any atom is 0.323 e. The summed E-state index contributed by atoms with van der Waals surface area (Å²) in [4.78, 5) is 12.1. The van der Waals surface area contributed by atoms with Gasteiger partial charge in [0.1, 0.15) is 11.8 Å². The normalized spacial score (nSPS) is 20.2. The number of hydrogen-bond acceptors (Lipinski definition) is 5. The van der Waals surface area contributed by atoms with Crippen LogP contribution in [0.4, 0.5) is 0 Å². The predicted molar refractivity (Wildman–Crippen MR) is 82.0 cm³/mol. The Morgan fingerprint density at radius 3 is 2.71 bits per heavy atom. The summed E-state index contributed by atoms with van der Waals surface area (Å²) in [7, 11) is -1.29. The van der Waals surface area contributed by atoms with E-state index in [-0.39, 0.29) is 12.0 Å². The third kappa shape index (κ3) is 4.40. The van der Waals surface area contributed by atoms with Crippen molar-refractivity contribution in [3.63, 3.8) is 0 Å². The lowest BCUT2D eigenvalue weighted by Crippen LogP contribution is -2.35. The molecular weight excluding hydrogens is 289 g/mol. The number of carbonyl (C=O) groups is 1. The van der Waals surface area contributed by atoms with Gasteiger partial charge in [-0.2, -0.15) is 0 Å². The highest BCUT2D eigenvalue weighted by Gasteiger charge is 2.39. The zero-order chi connectivity index (χ0) is 15.1. The SMILES string of the molecule is CCOC(=O)C1CCCN1P(OCC)Oc1ccccc1. The number of para-hydroxylation sites is 1. The minimum Gasteiger partial charge on any atom is -0.465 e. The van der Waals surface area contributed by atoms with Gasteiger partial charge in [0.25, 0.3) is 0 Å². The lowest BCUT2D eigenvalue weighted by atomic mass is 10.2. The van der Waals surface area contributed by atoms with Crippen LogP contribution in [0.1, 0.15) is 26.7 Å². The fourth-order valence-electron chi connectivity index (χ4n) is 2.26. The fraction of sp³-hybridized carbons (Fsp3) is 0.533. The van der Waals surface area contributed by atoms with Crippen molar-refractivity contribution in [2.75, 3.05) is 19.8 Å². The summed E-state index contributed by atoms with van der Waals surface area (Å²) in [5.41, 5.74) is 0. The molecule has 1 saturated heterocycles. The predicted octanol–water partition coefficient (Wildman–Crippen LogP) is 3.36. The molecule has 0 spiro atoms. The summed E-state index contributed by atoms with van der Waals surface area (Å²) in [6.45, 7) is 5.49. The van der Waals surface area contributed by atoms with Crippen LogP contribution in [0.15, 0.2) is 30.3 Å². The van der Waals surface area contributed by atoms with E-state index in [0.717, 1.165) is 25.1 Å². The zero-order valence-electron chi connectivity index (χ0n) is 12.5. The molecule has 0 saturated carbocycles. The molecule has 2 unspecified atom stereocenters. The Morgan fingerprint density at radius 2 is 2.05 bits per heavy atom. The van der Waals surface area contributed by atoms with Crippen molar-refractivity contribution in [3.05, 3.63) is 30.3 Å². The van der Waals surface area contributed by atoms with Crippen molar-refractivity contribution in [3.8, 4) is 5.75 Å². The molecule has 6 heteroatoms. The molecule has 1 aromatic carbocycles. The molecule has 2 atom stereocenters. The average Bonchev–Trinajstić information content (AvgIpc) is 2.97. The third-order valence-electron chi connectivity index (χ3n) is 3.16. The number of hydrogen-bond donors (Lipinski definition) is 0. The van der Waals surface area contributed by atoms with Crippen LogP contribution in [0.2, 0.25) is 0 Å². The summed E-state index contributed by atoms with van der Waals surface area (Å²) < 4.78 is 18.9. The van der Waals surface area contributed by atoms with Crippen molar-refractivity contribution < 1.29 is 18.6 Å². The Kier molecular flexibility index (Phi) is 6.43. The number of rotatable bonds is 7. The monoisotopic (exact) mass is 311 g/mol. The second-order valence-electron chi connectivity index (χ2n) is 4.63. The van der Waals surface area contributed by atoms with Gasteiger partial charge in [-0.15, -0.1) is 0 Å². The standard InChI is InChI=1S/C15H22NO4P/c1-3-18-15(17)14-11-8-12-16(14)21(19-4-2)20-13-9-6-5-7-10-13/h5-7,9-10,14H,3-4,8,11-12H2,1-2H3. The lowest BCUT2D eigenvalue weighted by Gasteiger charge is -2.29. The first-order valence-corrected chi connectivity index (χ1v) is 8.48. The highest BCUT2D eigenvalue weighted by atomic mass is 31.2. The lowest BCUT2D eigenvalue weighted by molar-refractivity contribution is -0.147. The van der Waals surface area contributed by atoms with Crippen LogP contribution in [-0.2, 0) is 14.1 Å². The largest absolute Gasteiger partial charge is 0.465 e. The molecule has 5 nitrogen and oxygen atoms in total. The smallest absolute Gasteiger partial charge is 0.323 e. The van der Waals surface area contributed by atoms with Crippen LogP contribution in [-0.4, -0.2) is 36.4 Å². The van der Waals surface area contributed by atoms with Gasteiger partial charge in [0.15, 0.2) is 0 Å². The van der Waals surface area contributed by atoms with E-state index >= 15 is 0 Å². The van der Waals surface area contributed by atoms with Gasteiger partial charge in [0, 0.05) is 6.54 Å². The molecule has 1 aliphatic heterocycles. The molecule has 0 radical (unpaired) electrons. The van der Waals surface area contributed by atoms with Gasteiger partial charge < -0.3 is 13.8 Å². The molecule has 0 N–H and O–H groups in total. The van der Waals surface area contributed by atoms with Gasteiger partial charge in [-0.3, -0.25) is 4.79 Å². The van der Waals surface area contributed by atoms with Gasteiger partial charge in [0.05, 0.1) is 13.2 Å². The van der Waals surface area contributed by atoms with Gasteiger partial charge in [-0.1, -0.05) is 18.2 Å². The van der Waals surface area contributed by atoms with Crippen LogP contribution < -0.4 is 4.52 Å². The molecule has 116 valence electrons. The molecule has 0 aromatic heterocycles. The quantitative estimate of drug-likeness (QED) is 0.571. The van der Waals surface area contributed by atoms with Gasteiger partial charge in [0.2, 0.25) is 0 Å². The molecule has 1 fully saturated rings. The molecule has 1 aromatic rings. The van der Waals surface area contributed by atoms with Crippen LogP contribution in [0.5, 0.6) is 5.75 Å². The van der Waals surface area contributed by atoms with Crippen LogP contribution in [0, 0.1) is 0 Å². The number of esters is 1. The Morgan fingerprint density at radius 1 is 1.29 bits per heavy atom. The Balaban J connectivity index is 2.07. The Labute approximate surface area is 127 Å². The number of ether oxygens (including phenoxy) is 1. The Bertz CT molecular complexity index is 443. The van der Waals surface area contributed by atoms with E-state index < -0.39 is 8.53 Å². The van der Waals surface area contributed by atoms with E-state index in [4.69, 9.17) is 13.8 Å². The van der Waals surface area contributed by atoms with Crippen LogP contribution >= 0.6 is 8.53 Å². The Hall–Kier alpha value is -1.16. The van der Waals surface area contributed by atoms with Crippen LogP contribution in [0.3, 0.4) is 0 Å². The summed E-state index contributed by atoms with van der Waals surface area (Å²) in [5, 5.41) is 0. The first-order valence-electron chi connectivity index (χ1n) is 7.35. The van der Waals surface area contributed by atoms with Crippen molar-refractivity contribution in [2.45, 2.75) is 32.7 Å². The van der Waals surface area contributed by atoms with E-state index in [2.05, 4.69) is 0 Å². The maximum absolute atomic E-state index is 12.1. The van der Waals surface area contributed by atoms with Crippen LogP contribution in [0.25, 0.3) is 0 Å². The molecule has 0 bridgehead atoms. The summed E-state index contributed by atoms with van der Waals surface area (Å²) in [6.07, 6.45) is 1.75. The highest BCUT2D eigenvalue weighted by molar-refractivity contribution is 7.45. The topological polar surface area (TPSA) is 48.0 Å². The van der Waals surface area contributed by atoms with E-state index in [1.807, 2.05) is 48.8 Å². The molecule has 1 heterocycles. The van der Waals surface area contributed by atoms with E-state index in [0.29, 0.717) is 13.2 Å². The summed E-state index contributed by atoms with van der Waals surface area (Å²) in [6, 6.07) is 9.30. The molecule has 21 heavy (non-hydrogen) atoms. The minimum absolute atomic E-state index is 0.182. The van der Waals surface area contributed by atoms with E-state index in [1.165, 1.54) is 0 Å². The molecule has 1 aliphatic rings. The zero-order valence-corrected chi connectivity index (χ0v) is 13.4. The molecule has 2 rings (SSSR count). The van der Waals surface area contributed by atoms with Gasteiger partial charge in [-0.05, 0) is 38.8 Å². The van der Waals surface area contributed by atoms with Gasteiger partial charge in [-0.25, -0.2) is 4.67 Å². The second-order valence-corrected chi connectivity index (χ2v) is 6.06. The summed E-state index contributed by atoms with van der Waals surface area (Å²) in [5.74, 6) is 0.574. The molecule has 0 amide bonds. The van der Waals surface area contributed by atoms with Crippen molar-refractivity contribution >= 4 is 14.5 Å². The van der Waals surface area contributed by atoms with E-state index in [1.54, 1.807) is 0 Å². The third-order valence-corrected chi connectivity index (χ3v) is 4.90. The first-order chi connectivity index (χ1) is 10.3. The second kappa shape index (κ2) is 8.32. The first kappa shape index (κ1) is 16.2. The summed E-state index contributed by atoms with van der Waals surface area (Å²) >= 11 is 0. The van der Waals surface area contributed by atoms with Crippen molar-refractivity contribution in [2.24, 2.45) is 0 Å². The maximum atomic E-state index is 12.1. The number of benzene rings is 1. The highest BCUT2D eigenvalue weighted by Crippen LogP contribution is 2.47. The molecular formula is C15H22NO4P. The van der Waals surface area contributed by atoms with Crippen molar-refractivity contribution in [1.82, 2.24) is 4.67 Å². The number of nitrogens with zero attached hydrogens (tertiary/aromatic N) is 1.